The van der Waals surface area contributed by atoms with Crippen molar-refractivity contribution >= 4 is 5.82 Å². The molecule has 0 aliphatic heterocycles. The van der Waals surface area contributed by atoms with E-state index in [0.29, 0.717) is 12.4 Å². The third-order valence-electron chi connectivity index (χ3n) is 2.20. The van der Waals surface area contributed by atoms with Gasteiger partial charge < -0.3 is 10.8 Å². The summed E-state index contributed by atoms with van der Waals surface area (Å²) >= 11 is 0. The van der Waals surface area contributed by atoms with Crippen molar-refractivity contribution in [2.75, 3.05) is 5.73 Å². The smallest absolute Gasteiger partial charge is 0.174 e. The number of aryl methyl sites for hydroxylation is 1. The highest BCUT2D eigenvalue weighted by atomic mass is 16.3. The van der Waals surface area contributed by atoms with Gasteiger partial charge in [-0.15, -0.1) is 5.10 Å². The van der Waals surface area contributed by atoms with Crippen LogP contribution in [0, 0.1) is 0 Å². The zero-order valence-electron chi connectivity index (χ0n) is 8.38. The highest BCUT2D eigenvalue weighted by Gasteiger charge is 2.10. The molecule has 0 radical (unpaired) electrons. The third kappa shape index (κ3) is 1.63. The molecule has 1 heterocycles. The van der Waals surface area contributed by atoms with Crippen LogP contribution in [-0.2, 0) is 6.54 Å². The molecule has 0 aliphatic carbocycles. The second kappa shape index (κ2) is 3.61. The number of anilines is 1. The van der Waals surface area contributed by atoms with E-state index in [1.165, 1.54) is 0 Å². The molecular weight excluding hydrogens is 192 g/mol. The summed E-state index contributed by atoms with van der Waals surface area (Å²) in [5, 5.41) is 16.9. The van der Waals surface area contributed by atoms with Gasteiger partial charge >= 0.3 is 0 Å². The van der Waals surface area contributed by atoms with Crippen LogP contribution in [0.25, 0.3) is 11.3 Å². The van der Waals surface area contributed by atoms with E-state index >= 15 is 0 Å². The van der Waals surface area contributed by atoms with Gasteiger partial charge in [0.15, 0.2) is 5.82 Å². The normalized spacial score (nSPS) is 10.5. The summed E-state index contributed by atoms with van der Waals surface area (Å²) in [4.78, 5) is 0. The molecule has 0 spiro atoms. The summed E-state index contributed by atoms with van der Waals surface area (Å²) in [5.41, 5.74) is 7.42. The van der Waals surface area contributed by atoms with Gasteiger partial charge in [0.05, 0.1) is 0 Å². The van der Waals surface area contributed by atoms with Gasteiger partial charge in [-0.1, -0.05) is 5.21 Å². The summed E-state index contributed by atoms with van der Waals surface area (Å²) in [6.45, 7) is 2.68. The quantitative estimate of drug-likeness (QED) is 0.771. The Bertz CT molecular complexity index is 461. The molecule has 3 N–H and O–H groups in total. The molecule has 0 bridgehead atoms. The van der Waals surface area contributed by atoms with Gasteiger partial charge in [-0.05, 0) is 31.2 Å². The number of aromatic nitrogens is 3. The molecule has 1 aromatic heterocycles. The number of nitrogen functional groups attached to an aromatic ring is 1. The number of aromatic hydroxyl groups is 1. The molecule has 5 heteroatoms. The van der Waals surface area contributed by atoms with Crippen LogP contribution in [0.5, 0.6) is 5.75 Å². The summed E-state index contributed by atoms with van der Waals surface area (Å²) in [6, 6.07) is 6.80. The minimum atomic E-state index is 0.229. The zero-order chi connectivity index (χ0) is 10.8. The van der Waals surface area contributed by atoms with Crippen molar-refractivity contribution in [2.24, 2.45) is 0 Å². The van der Waals surface area contributed by atoms with Crippen LogP contribution < -0.4 is 5.73 Å². The van der Waals surface area contributed by atoms with E-state index in [1.807, 2.05) is 6.92 Å². The van der Waals surface area contributed by atoms with Crippen molar-refractivity contribution in [3.05, 3.63) is 24.3 Å². The maximum atomic E-state index is 9.18. The lowest BCUT2D eigenvalue weighted by atomic mass is 10.1. The van der Waals surface area contributed by atoms with Crippen molar-refractivity contribution in [3.8, 4) is 17.0 Å². The van der Waals surface area contributed by atoms with Crippen molar-refractivity contribution in [1.29, 1.82) is 0 Å². The molecule has 0 unspecified atom stereocenters. The van der Waals surface area contributed by atoms with E-state index in [-0.39, 0.29) is 5.75 Å². The Morgan fingerprint density at radius 1 is 1.33 bits per heavy atom. The monoisotopic (exact) mass is 204 g/mol. The molecule has 0 saturated heterocycles. The van der Waals surface area contributed by atoms with E-state index in [0.717, 1.165) is 11.3 Å². The molecular formula is C10H12N4O. The van der Waals surface area contributed by atoms with Gasteiger partial charge in [-0.2, -0.15) is 0 Å². The van der Waals surface area contributed by atoms with E-state index < -0.39 is 0 Å². The van der Waals surface area contributed by atoms with Gasteiger partial charge in [-0.3, -0.25) is 0 Å². The number of hydrogen-bond acceptors (Lipinski definition) is 4. The minimum absolute atomic E-state index is 0.229. The standard InChI is InChI=1S/C10H12N4O/c1-2-14-9(10(11)12-13-14)7-3-5-8(15)6-4-7/h3-6,15H,2,11H2,1H3. The van der Waals surface area contributed by atoms with E-state index in [4.69, 9.17) is 5.73 Å². The number of benzene rings is 1. The number of phenolic OH excluding ortho intramolecular Hbond substituents is 1. The Balaban J connectivity index is 2.52. The van der Waals surface area contributed by atoms with Crippen LogP contribution >= 0.6 is 0 Å². The van der Waals surface area contributed by atoms with Gasteiger partial charge in [0, 0.05) is 12.1 Å². The van der Waals surface area contributed by atoms with Gasteiger partial charge in [-0.25, -0.2) is 4.68 Å². The average molecular weight is 204 g/mol. The summed E-state index contributed by atoms with van der Waals surface area (Å²) in [7, 11) is 0. The molecule has 0 fully saturated rings. The molecule has 78 valence electrons. The predicted octanol–water partition coefficient (Wildman–Crippen LogP) is 1.25. The van der Waals surface area contributed by atoms with Crippen LogP contribution in [0.15, 0.2) is 24.3 Å². The lowest BCUT2D eigenvalue weighted by molar-refractivity contribution is 0.475. The first-order valence-electron chi connectivity index (χ1n) is 4.70. The second-order valence-electron chi connectivity index (χ2n) is 3.19. The fourth-order valence-electron chi connectivity index (χ4n) is 1.46. The lowest BCUT2D eigenvalue weighted by Crippen LogP contribution is -2.00. The van der Waals surface area contributed by atoms with Crippen LogP contribution in [0.3, 0.4) is 0 Å². The first-order chi connectivity index (χ1) is 7.22. The maximum absolute atomic E-state index is 9.18. The number of rotatable bonds is 2. The summed E-state index contributed by atoms with van der Waals surface area (Å²) in [5.74, 6) is 0.635. The Morgan fingerprint density at radius 3 is 2.60 bits per heavy atom. The van der Waals surface area contributed by atoms with Crippen LogP contribution in [0.1, 0.15) is 6.92 Å². The molecule has 1 aromatic carbocycles. The molecule has 2 rings (SSSR count). The molecule has 5 nitrogen and oxygen atoms in total. The SMILES string of the molecule is CCn1nnc(N)c1-c1ccc(O)cc1. The number of nitrogens with zero attached hydrogens (tertiary/aromatic N) is 3. The van der Waals surface area contributed by atoms with E-state index in [1.54, 1.807) is 28.9 Å². The van der Waals surface area contributed by atoms with Crippen LogP contribution in [0.2, 0.25) is 0 Å². The number of nitrogens with two attached hydrogens (primary N) is 1. The maximum Gasteiger partial charge on any atom is 0.174 e. The van der Waals surface area contributed by atoms with Crippen LogP contribution in [0.4, 0.5) is 5.82 Å². The largest absolute Gasteiger partial charge is 0.508 e. The van der Waals surface area contributed by atoms with E-state index in [2.05, 4.69) is 10.3 Å². The average Bonchev–Trinajstić information content (AvgIpc) is 2.61. The molecule has 15 heavy (non-hydrogen) atoms. The number of phenols is 1. The fraction of sp³-hybridized carbons (Fsp3) is 0.200. The molecule has 0 amide bonds. The van der Waals surface area contributed by atoms with Crippen molar-refractivity contribution in [1.82, 2.24) is 15.0 Å². The lowest BCUT2D eigenvalue weighted by Gasteiger charge is -2.04. The molecule has 0 atom stereocenters. The topological polar surface area (TPSA) is 77.0 Å². The first-order valence-corrected chi connectivity index (χ1v) is 4.70. The number of hydrogen-bond donors (Lipinski definition) is 2. The molecule has 0 aliphatic rings. The highest BCUT2D eigenvalue weighted by Crippen LogP contribution is 2.25. The van der Waals surface area contributed by atoms with Gasteiger partial charge in [0.25, 0.3) is 0 Å². The van der Waals surface area contributed by atoms with E-state index in [9.17, 15) is 5.11 Å². The Labute approximate surface area is 87.1 Å². The van der Waals surface area contributed by atoms with Gasteiger partial charge in [0.2, 0.25) is 0 Å². The van der Waals surface area contributed by atoms with Gasteiger partial charge in [0.1, 0.15) is 11.4 Å². The first kappa shape index (κ1) is 9.51. The Kier molecular flexibility index (Phi) is 2.29. The zero-order valence-corrected chi connectivity index (χ0v) is 8.38. The summed E-state index contributed by atoms with van der Waals surface area (Å²) in [6.07, 6.45) is 0. The summed E-state index contributed by atoms with van der Waals surface area (Å²) < 4.78 is 1.72. The molecule has 0 saturated carbocycles. The Hall–Kier alpha value is -2.04. The predicted molar refractivity (Wildman–Crippen MR) is 57.2 cm³/mol. The van der Waals surface area contributed by atoms with Crippen molar-refractivity contribution in [3.63, 3.8) is 0 Å². The highest BCUT2D eigenvalue weighted by molar-refractivity contribution is 5.70. The second-order valence-corrected chi connectivity index (χ2v) is 3.19. The molecule has 2 aromatic rings. The fourth-order valence-corrected chi connectivity index (χ4v) is 1.46. The van der Waals surface area contributed by atoms with Crippen molar-refractivity contribution in [2.45, 2.75) is 13.5 Å². The minimum Gasteiger partial charge on any atom is -0.508 e. The Morgan fingerprint density at radius 2 is 2.00 bits per heavy atom. The van der Waals surface area contributed by atoms with Crippen molar-refractivity contribution < 1.29 is 5.11 Å². The van der Waals surface area contributed by atoms with Crippen LogP contribution in [-0.4, -0.2) is 20.1 Å². The third-order valence-corrected chi connectivity index (χ3v) is 2.20.